The van der Waals surface area contributed by atoms with Gasteiger partial charge in [-0.15, -0.1) is 0 Å². The summed E-state index contributed by atoms with van der Waals surface area (Å²) in [4.78, 5) is 4.74. The second-order valence-electron chi connectivity index (χ2n) is 9.16. The van der Waals surface area contributed by atoms with Gasteiger partial charge in [0.25, 0.3) is 0 Å². The molecule has 3 aromatic carbocycles. The average molecular weight is 513 g/mol. The number of para-hydroxylation sites is 2. The van der Waals surface area contributed by atoms with Crippen molar-refractivity contribution >= 4 is 24.3 Å². The topological polar surface area (TPSA) is 24.9 Å². The van der Waals surface area contributed by atoms with Crippen molar-refractivity contribution < 1.29 is 9.47 Å². The lowest BCUT2D eigenvalue weighted by atomic mass is 10.1. The van der Waals surface area contributed by atoms with Crippen LogP contribution in [0.5, 0.6) is 11.5 Å². The van der Waals surface area contributed by atoms with Crippen LogP contribution in [0.1, 0.15) is 49.9 Å². The summed E-state index contributed by atoms with van der Waals surface area (Å²) in [5.41, 5.74) is 4.49. The Balaban J connectivity index is 1.59. The van der Waals surface area contributed by atoms with Crippen molar-refractivity contribution in [2.75, 3.05) is 52.5 Å². The van der Waals surface area contributed by atoms with Gasteiger partial charge in [0.2, 0.25) is 0 Å². The molecule has 0 amide bonds. The first-order valence-electron chi connectivity index (χ1n) is 14.0. The highest BCUT2D eigenvalue weighted by Gasteiger charge is 2.04. The van der Waals surface area contributed by atoms with Crippen molar-refractivity contribution in [2.24, 2.45) is 0 Å². The minimum Gasteiger partial charge on any atom is -0.492 e. The standard InChI is InChI=1S/C34H44N2O2/c1-5-35(6-2)25-27-37-33-15-11-9-13-31(33)23-21-29-17-19-30(20-18-29)22-24-32-14-10-12-16-34(32)38-28-26-36(7-3)8-4/h9-24H,5-8,25-28H2,1-4H3/b23-21+,24-22+. The van der Waals surface area contributed by atoms with Crippen molar-refractivity contribution in [1.29, 1.82) is 0 Å². The van der Waals surface area contributed by atoms with E-state index in [0.29, 0.717) is 13.2 Å². The van der Waals surface area contributed by atoms with Crippen LogP contribution >= 0.6 is 0 Å². The van der Waals surface area contributed by atoms with Gasteiger partial charge in [0.1, 0.15) is 24.7 Å². The van der Waals surface area contributed by atoms with Gasteiger partial charge in [-0.3, -0.25) is 0 Å². The highest BCUT2D eigenvalue weighted by Crippen LogP contribution is 2.23. The molecule has 4 heteroatoms. The van der Waals surface area contributed by atoms with Crippen LogP contribution in [0.3, 0.4) is 0 Å². The van der Waals surface area contributed by atoms with Crippen molar-refractivity contribution in [3.63, 3.8) is 0 Å². The molecule has 4 nitrogen and oxygen atoms in total. The summed E-state index contributed by atoms with van der Waals surface area (Å²) in [6, 6.07) is 25.0. The molecule has 0 aliphatic heterocycles. The SMILES string of the molecule is CCN(CC)CCOc1ccccc1/C=C/c1ccc(/C=C/c2ccccc2OCCN(CC)CC)cc1. The Morgan fingerprint density at radius 3 is 1.24 bits per heavy atom. The summed E-state index contributed by atoms with van der Waals surface area (Å²) in [6.45, 7) is 16.2. The summed E-state index contributed by atoms with van der Waals surface area (Å²) in [5.74, 6) is 1.85. The Labute approximate surface area is 230 Å². The second-order valence-corrected chi connectivity index (χ2v) is 9.16. The van der Waals surface area contributed by atoms with Crippen molar-refractivity contribution in [2.45, 2.75) is 27.7 Å². The Bertz CT molecular complexity index is 1040. The lowest BCUT2D eigenvalue weighted by molar-refractivity contribution is 0.222. The highest BCUT2D eigenvalue weighted by molar-refractivity contribution is 5.75. The number of hydrogen-bond acceptors (Lipinski definition) is 4. The van der Waals surface area contributed by atoms with Crippen molar-refractivity contribution in [1.82, 2.24) is 9.80 Å². The van der Waals surface area contributed by atoms with E-state index in [1.165, 1.54) is 0 Å². The normalized spacial score (nSPS) is 11.7. The van der Waals surface area contributed by atoms with Gasteiger partial charge in [0.05, 0.1) is 0 Å². The number of hydrogen-bond donors (Lipinski definition) is 0. The Morgan fingerprint density at radius 2 is 0.868 bits per heavy atom. The predicted octanol–water partition coefficient (Wildman–Crippen LogP) is 7.47. The maximum Gasteiger partial charge on any atom is 0.126 e. The molecular weight excluding hydrogens is 468 g/mol. The largest absolute Gasteiger partial charge is 0.492 e. The molecule has 0 aromatic heterocycles. The van der Waals surface area contributed by atoms with E-state index in [4.69, 9.17) is 9.47 Å². The second kappa shape index (κ2) is 16.5. The van der Waals surface area contributed by atoms with Crippen LogP contribution in [-0.4, -0.2) is 62.3 Å². The summed E-state index contributed by atoms with van der Waals surface area (Å²) < 4.78 is 12.2. The number of nitrogens with zero attached hydrogens (tertiary/aromatic N) is 2. The Kier molecular flexibility index (Phi) is 12.7. The molecule has 0 saturated heterocycles. The van der Waals surface area contributed by atoms with Crippen LogP contribution in [-0.2, 0) is 0 Å². The zero-order valence-electron chi connectivity index (χ0n) is 23.6. The van der Waals surface area contributed by atoms with E-state index in [1.54, 1.807) is 0 Å². The molecule has 0 heterocycles. The smallest absolute Gasteiger partial charge is 0.126 e. The Morgan fingerprint density at radius 1 is 0.500 bits per heavy atom. The molecule has 0 N–H and O–H groups in total. The zero-order chi connectivity index (χ0) is 27.0. The summed E-state index contributed by atoms with van der Waals surface area (Å²) in [5, 5.41) is 0. The maximum absolute atomic E-state index is 6.10. The lowest BCUT2D eigenvalue weighted by Gasteiger charge is -2.18. The van der Waals surface area contributed by atoms with Crippen LogP contribution in [0.15, 0.2) is 72.8 Å². The van der Waals surface area contributed by atoms with E-state index in [9.17, 15) is 0 Å². The van der Waals surface area contributed by atoms with E-state index >= 15 is 0 Å². The fraction of sp³-hybridized carbons (Fsp3) is 0.353. The summed E-state index contributed by atoms with van der Waals surface area (Å²) in [6.07, 6.45) is 8.53. The van der Waals surface area contributed by atoms with Crippen LogP contribution in [0.4, 0.5) is 0 Å². The van der Waals surface area contributed by atoms with E-state index in [-0.39, 0.29) is 0 Å². The fourth-order valence-corrected chi connectivity index (χ4v) is 4.24. The van der Waals surface area contributed by atoms with Gasteiger partial charge in [-0.1, -0.05) is 113 Å². The van der Waals surface area contributed by atoms with E-state index in [0.717, 1.165) is 73.0 Å². The molecule has 0 radical (unpaired) electrons. The molecule has 0 fully saturated rings. The van der Waals surface area contributed by atoms with Crippen LogP contribution in [0.2, 0.25) is 0 Å². The highest BCUT2D eigenvalue weighted by atomic mass is 16.5. The Hall–Kier alpha value is -3.34. The van der Waals surface area contributed by atoms with Gasteiger partial charge in [-0.2, -0.15) is 0 Å². The van der Waals surface area contributed by atoms with E-state index in [1.807, 2.05) is 24.3 Å². The molecule has 0 aliphatic rings. The molecule has 0 aliphatic carbocycles. The van der Waals surface area contributed by atoms with Gasteiger partial charge >= 0.3 is 0 Å². The molecule has 0 spiro atoms. The van der Waals surface area contributed by atoms with E-state index in [2.05, 4.69) is 110 Å². The van der Waals surface area contributed by atoms with Crippen LogP contribution in [0.25, 0.3) is 24.3 Å². The monoisotopic (exact) mass is 512 g/mol. The third kappa shape index (κ3) is 9.51. The zero-order valence-corrected chi connectivity index (χ0v) is 23.6. The average Bonchev–Trinajstić information content (AvgIpc) is 2.97. The number of rotatable bonds is 16. The molecule has 0 bridgehead atoms. The molecule has 0 unspecified atom stereocenters. The predicted molar refractivity (Wildman–Crippen MR) is 164 cm³/mol. The van der Waals surface area contributed by atoms with Crippen LogP contribution < -0.4 is 9.47 Å². The minimum absolute atomic E-state index is 0.692. The molecule has 0 atom stereocenters. The first kappa shape index (κ1) is 29.2. The molecule has 202 valence electrons. The van der Waals surface area contributed by atoms with Crippen molar-refractivity contribution in [3.05, 3.63) is 95.1 Å². The molecule has 38 heavy (non-hydrogen) atoms. The van der Waals surface area contributed by atoms with Crippen LogP contribution in [0, 0.1) is 0 Å². The lowest BCUT2D eigenvalue weighted by Crippen LogP contribution is -2.27. The van der Waals surface area contributed by atoms with Gasteiger partial charge in [-0.25, -0.2) is 0 Å². The van der Waals surface area contributed by atoms with Crippen molar-refractivity contribution in [3.8, 4) is 11.5 Å². The molecule has 0 saturated carbocycles. The molecular formula is C34H44N2O2. The van der Waals surface area contributed by atoms with Gasteiger partial charge in [0, 0.05) is 24.2 Å². The van der Waals surface area contributed by atoms with E-state index < -0.39 is 0 Å². The number of likely N-dealkylation sites (N-methyl/N-ethyl adjacent to an activating group) is 2. The first-order valence-corrected chi connectivity index (χ1v) is 14.0. The summed E-state index contributed by atoms with van der Waals surface area (Å²) in [7, 11) is 0. The summed E-state index contributed by atoms with van der Waals surface area (Å²) >= 11 is 0. The van der Waals surface area contributed by atoms with Gasteiger partial charge < -0.3 is 19.3 Å². The fourth-order valence-electron chi connectivity index (χ4n) is 4.24. The minimum atomic E-state index is 0.692. The first-order chi connectivity index (χ1) is 18.7. The molecule has 3 rings (SSSR count). The third-order valence-electron chi connectivity index (χ3n) is 6.80. The number of benzene rings is 3. The molecule has 3 aromatic rings. The maximum atomic E-state index is 6.10. The third-order valence-corrected chi connectivity index (χ3v) is 6.80. The number of ether oxygens (including phenoxy) is 2. The van der Waals surface area contributed by atoms with Gasteiger partial charge in [-0.05, 0) is 49.4 Å². The van der Waals surface area contributed by atoms with Gasteiger partial charge in [0.15, 0.2) is 0 Å². The quantitative estimate of drug-likeness (QED) is 0.186.